The molecule has 174 valence electrons. The van der Waals surface area contributed by atoms with Crippen LogP contribution >= 0.6 is 0 Å². The maximum absolute atomic E-state index is 13.5. The summed E-state index contributed by atoms with van der Waals surface area (Å²) in [5.41, 5.74) is 3.89. The molecule has 0 radical (unpaired) electrons. The Kier molecular flexibility index (Phi) is 5.50. The number of fused-ring (bicyclic) bond motifs is 3. The number of benzene rings is 2. The number of anilines is 1. The highest BCUT2D eigenvalue weighted by Gasteiger charge is 2.51. The van der Waals surface area contributed by atoms with Crippen LogP contribution in [0, 0.1) is 5.92 Å². The molecule has 1 fully saturated rings. The summed E-state index contributed by atoms with van der Waals surface area (Å²) in [6, 6.07) is 13.1. The quantitative estimate of drug-likeness (QED) is 0.745. The van der Waals surface area contributed by atoms with Gasteiger partial charge in [0.05, 0.1) is 31.8 Å². The van der Waals surface area contributed by atoms with E-state index in [-0.39, 0.29) is 35.8 Å². The van der Waals surface area contributed by atoms with Crippen LogP contribution in [0.3, 0.4) is 0 Å². The molecule has 9 heteroatoms. The van der Waals surface area contributed by atoms with Crippen molar-refractivity contribution in [3.05, 3.63) is 48.0 Å². The molecule has 33 heavy (non-hydrogen) atoms. The third kappa shape index (κ3) is 3.55. The standard InChI is InChI=1S/C24H28N4O4S/c1-15-13-25-24(26-15)33(30,31)28-11-10-19-22(14-29)27(2)21-9-6-17(12-20(21)23(19)28)16-4-7-18(32-3)8-5-16/h4-9,12-13,15,19,22-23,29H,10-11,14H2,1-3H3/t15?,19-,22+,23-/m0/s1. The van der Waals surface area contributed by atoms with Crippen molar-refractivity contribution in [1.29, 1.82) is 0 Å². The number of rotatable bonds is 4. The Morgan fingerprint density at radius 1 is 1.15 bits per heavy atom. The lowest BCUT2D eigenvalue weighted by Crippen LogP contribution is -2.48. The number of likely N-dealkylation sites (N-methyl/N-ethyl adjacent to an activating group) is 1. The highest BCUT2D eigenvalue weighted by molar-refractivity contribution is 8.04. The fourth-order valence-electron chi connectivity index (χ4n) is 5.30. The predicted molar refractivity (Wildman–Crippen MR) is 130 cm³/mol. The second-order valence-corrected chi connectivity index (χ2v) is 10.6. The normalized spacial score (nSPS) is 26.8. The second kappa shape index (κ2) is 8.23. The topological polar surface area (TPSA) is 94.8 Å². The van der Waals surface area contributed by atoms with Crippen molar-refractivity contribution in [1.82, 2.24) is 4.31 Å². The zero-order valence-electron chi connectivity index (χ0n) is 18.9. The average Bonchev–Trinajstić information content (AvgIpc) is 3.47. The fourth-order valence-corrected chi connectivity index (χ4v) is 6.91. The van der Waals surface area contributed by atoms with Crippen molar-refractivity contribution in [2.45, 2.75) is 31.5 Å². The smallest absolute Gasteiger partial charge is 0.278 e. The molecule has 3 aliphatic heterocycles. The second-order valence-electron chi connectivity index (χ2n) is 8.81. The number of aliphatic hydroxyl groups excluding tert-OH is 1. The third-order valence-corrected chi connectivity index (χ3v) is 8.68. The van der Waals surface area contributed by atoms with E-state index >= 15 is 0 Å². The summed E-state index contributed by atoms with van der Waals surface area (Å²) in [7, 11) is -0.251. The van der Waals surface area contributed by atoms with Gasteiger partial charge < -0.3 is 14.7 Å². The third-order valence-electron chi connectivity index (χ3n) is 6.98. The Balaban J connectivity index is 1.61. The van der Waals surface area contributed by atoms with Crippen molar-refractivity contribution in [3.63, 3.8) is 0 Å². The lowest BCUT2D eigenvalue weighted by atomic mass is 9.81. The number of methoxy groups -OCH3 is 1. The lowest BCUT2D eigenvalue weighted by Gasteiger charge is -2.44. The van der Waals surface area contributed by atoms with Gasteiger partial charge in [-0.15, -0.1) is 0 Å². The Morgan fingerprint density at radius 2 is 1.88 bits per heavy atom. The summed E-state index contributed by atoms with van der Waals surface area (Å²) in [5, 5.41) is 10.1. The van der Waals surface area contributed by atoms with Gasteiger partial charge in [0.2, 0.25) is 0 Å². The van der Waals surface area contributed by atoms with Gasteiger partial charge in [-0.05, 0) is 54.3 Å². The molecule has 5 rings (SSSR count). The van der Waals surface area contributed by atoms with Gasteiger partial charge in [0.25, 0.3) is 15.2 Å². The average molecular weight is 469 g/mol. The van der Waals surface area contributed by atoms with Gasteiger partial charge in [-0.1, -0.05) is 18.2 Å². The van der Waals surface area contributed by atoms with Gasteiger partial charge in [0.1, 0.15) is 5.75 Å². The number of sulfonamides is 1. The van der Waals surface area contributed by atoms with E-state index in [1.54, 1.807) is 13.3 Å². The first-order chi connectivity index (χ1) is 15.8. The Bertz CT molecular complexity index is 1230. The van der Waals surface area contributed by atoms with Crippen molar-refractivity contribution in [2.24, 2.45) is 15.9 Å². The molecule has 0 aromatic heterocycles. The van der Waals surface area contributed by atoms with Gasteiger partial charge in [0, 0.05) is 31.4 Å². The van der Waals surface area contributed by atoms with Crippen LogP contribution in [-0.2, 0) is 10.0 Å². The summed E-state index contributed by atoms with van der Waals surface area (Å²) in [5.74, 6) is 0.749. The number of nitrogens with zero attached hydrogens (tertiary/aromatic N) is 4. The first-order valence-corrected chi connectivity index (χ1v) is 12.5. The highest BCUT2D eigenvalue weighted by Crippen LogP contribution is 2.50. The zero-order chi connectivity index (χ0) is 23.3. The molecule has 1 saturated heterocycles. The van der Waals surface area contributed by atoms with Crippen LogP contribution in [-0.4, -0.2) is 68.6 Å². The van der Waals surface area contributed by atoms with E-state index in [9.17, 15) is 13.5 Å². The predicted octanol–water partition coefficient (Wildman–Crippen LogP) is 2.69. The van der Waals surface area contributed by atoms with Gasteiger partial charge in [-0.3, -0.25) is 0 Å². The largest absolute Gasteiger partial charge is 0.497 e. The number of amidine groups is 1. The molecule has 0 amide bonds. The van der Waals surface area contributed by atoms with Crippen LogP contribution < -0.4 is 9.64 Å². The summed E-state index contributed by atoms with van der Waals surface area (Å²) >= 11 is 0. The molecule has 0 bridgehead atoms. The van der Waals surface area contributed by atoms with E-state index in [0.29, 0.717) is 13.0 Å². The minimum absolute atomic E-state index is 0.0307. The lowest BCUT2D eigenvalue weighted by molar-refractivity contribution is 0.193. The van der Waals surface area contributed by atoms with Crippen LogP contribution in [0.4, 0.5) is 5.69 Å². The molecule has 3 aliphatic rings. The molecule has 8 nitrogen and oxygen atoms in total. The van der Waals surface area contributed by atoms with Crippen molar-refractivity contribution >= 4 is 27.1 Å². The van der Waals surface area contributed by atoms with Crippen LogP contribution in [0.25, 0.3) is 11.1 Å². The van der Waals surface area contributed by atoms with Crippen molar-refractivity contribution in [3.8, 4) is 16.9 Å². The van der Waals surface area contributed by atoms with Crippen LogP contribution in [0.2, 0.25) is 0 Å². The fraction of sp³-hybridized carbons (Fsp3) is 0.417. The molecule has 1 N–H and O–H groups in total. The van der Waals surface area contributed by atoms with E-state index in [4.69, 9.17) is 4.74 Å². The summed E-state index contributed by atoms with van der Waals surface area (Å²) < 4.78 is 33.9. The van der Waals surface area contributed by atoms with Gasteiger partial charge in [0.15, 0.2) is 0 Å². The molecule has 0 aliphatic carbocycles. The molecule has 0 saturated carbocycles. The van der Waals surface area contributed by atoms with E-state index in [2.05, 4.69) is 21.0 Å². The highest BCUT2D eigenvalue weighted by atomic mass is 32.2. The molecule has 3 heterocycles. The van der Waals surface area contributed by atoms with Crippen LogP contribution in [0.15, 0.2) is 52.4 Å². The van der Waals surface area contributed by atoms with Gasteiger partial charge >= 0.3 is 0 Å². The van der Waals surface area contributed by atoms with E-state index in [0.717, 1.165) is 28.1 Å². The van der Waals surface area contributed by atoms with E-state index in [1.807, 2.05) is 50.4 Å². The molecule has 0 spiro atoms. The molecule has 2 aromatic rings. The number of ether oxygens (including phenoxy) is 1. The van der Waals surface area contributed by atoms with Gasteiger partial charge in [-0.2, -0.15) is 4.31 Å². The number of hydrogen-bond acceptors (Lipinski definition) is 7. The van der Waals surface area contributed by atoms with E-state index in [1.165, 1.54) is 4.31 Å². The van der Waals surface area contributed by atoms with Crippen molar-refractivity contribution in [2.75, 3.05) is 32.2 Å². The van der Waals surface area contributed by atoms with E-state index < -0.39 is 10.0 Å². The van der Waals surface area contributed by atoms with Crippen LogP contribution in [0.1, 0.15) is 24.9 Å². The molecular formula is C24H28N4O4S. The first kappa shape index (κ1) is 22.1. The minimum Gasteiger partial charge on any atom is -0.497 e. The molecular weight excluding hydrogens is 440 g/mol. The minimum atomic E-state index is -3.85. The maximum atomic E-state index is 13.5. The van der Waals surface area contributed by atoms with Gasteiger partial charge in [-0.25, -0.2) is 18.4 Å². The number of hydrogen-bond donors (Lipinski definition) is 1. The summed E-state index contributed by atoms with van der Waals surface area (Å²) in [6.07, 6.45) is 2.22. The monoisotopic (exact) mass is 468 g/mol. The Hall–Kier alpha value is -2.75. The molecule has 4 atom stereocenters. The SMILES string of the molecule is COc1ccc(-c2ccc3c(c2)[C@@H]2[C@@H](CCN2S(=O)(=O)C2=NC(C)C=N2)[C@@H](CO)N3C)cc1. The zero-order valence-corrected chi connectivity index (χ0v) is 19.7. The molecule has 2 aromatic carbocycles. The van der Waals surface area contributed by atoms with Crippen molar-refractivity contribution < 1.29 is 18.3 Å². The summed E-state index contributed by atoms with van der Waals surface area (Å²) in [4.78, 5) is 10.4. The summed E-state index contributed by atoms with van der Waals surface area (Å²) in [6.45, 7) is 2.14. The number of aliphatic imine (C=N–C) groups is 2. The van der Waals surface area contributed by atoms with Crippen LogP contribution in [0.5, 0.6) is 5.75 Å². The Morgan fingerprint density at radius 3 is 2.52 bits per heavy atom. The molecule has 1 unspecified atom stereocenters. The Labute approximate surface area is 194 Å². The maximum Gasteiger partial charge on any atom is 0.278 e. The number of aliphatic hydroxyl groups is 1. The first-order valence-electron chi connectivity index (χ1n) is 11.1.